The molecular weight excluding hydrogens is 236 g/mol. The monoisotopic (exact) mass is 258 g/mol. The minimum absolute atomic E-state index is 0.0637. The molecule has 1 N–H and O–H groups in total. The average Bonchev–Trinajstić information content (AvgIpc) is 2.25. The summed E-state index contributed by atoms with van der Waals surface area (Å²) < 4.78 is 16.0. The Morgan fingerprint density at radius 2 is 2.00 bits per heavy atom. The van der Waals surface area contributed by atoms with Gasteiger partial charge >= 0.3 is 5.97 Å². The molecule has 0 aliphatic heterocycles. The zero-order valence-electron chi connectivity index (χ0n) is 11.2. The quantitative estimate of drug-likeness (QED) is 0.370. The Labute approximate surface area is 108 Å². The van der Waals surface area contributed by atoms with Crippen molar-refractivity contribution in [1.29, 1.82) is 0 Å². The van der Waals surface area contributed by atoms with E-state index in [1.54, 1.807) is 6.92 Å². The van der Waals surface area contributed by atoms with Crippen LogP contribution in [-0.2, 0) is 19.0 Å². The zero-order chi connectivity index (χ0) is 14.1. The maximum atomic E-state index is 10.6. The highest BCUT2D eigenvalue weighted by Gasteiger charge is 2.17. The van der Waals surface area contributed by atoms with Crippen LogP contribution in [0.1, 0.15) is 27.2 Å². The van der Waals surface area contributed by atoms with Crippen molar-refractivity contribution in [3.05, 3.63) is 25.0 Å². The number of rotatable bonds is 10. The third-order valence-electron chi connectivity index (χ3n) is 2.03. The molecule has 2 unspecified atom stereocenters. The van der Waals surface area contributed by atoms with Gasteiger partial charge in [-0.05, 0) is 20.8 Å². The van der Waals surface area contributed by atoms with Crippen molar-refractivity contribution in [2.24, 2.45) is 0 Å². The predicted molar refractivity (Wildman–Crippen MR) is 68.1 cm³/mol. The molecule has 0 radical (unpaired) electrons. The standard InChI is InChI=1S/C13H22O5/c1-6-16-12(8-17-9(2)3)18-11(5)7-10(4)13(14)15/h6,9,11-12H,1,4,7-8H2,2-3,5H3,(H,14,15). The Kier molecular flexibility index (Phi) is 8.07. The van der Waals surface area contributed by atoms with Crippen LogP contribution in [0.4, 0.5) is 0 Å². The number of carboxylic acids is 1. The largest absolute Gasteiger partial charge is 0.478 e. The highest BCUT2D eigenvalue weighted by atomic mass is 16.7. The maximum Gasteiger partial charge on any atom is 0.331 e. The van der Waals surface area contributed by atoms with Crippen molar-refractivity contribution in [1.82, 2.24) is 0 Å². The van der Waals surface area contributed by atoms with Gasteiger partial charge in [-0.2, -0.15) is 0 Å². The molecule has 5 heteroatoms. The van der Waals surface area contributed by atoms with E-state index in [2.05, 4.69) is 13.2 Å². The molecule has 0 spiro atoms. The highest BCUT2D eigenvalue weighted by Crippen LogP contribution is 2.11. The fraction of sp³-hybridized carbons (Fsp3) is 0.615. The number of carbonyl (C=O) groups is 1. The summed E-state index contributed by atoms with van der Waals surface area (Å²) in [7, 11) is 0. The van der Waals surface area contributed by atoms with Crippen LogP contribution in [0.25, 0.3) is 0 Å². The molecule has 0 saturated heterocycles. The lowest BCUT2D eigenvalue weighted by molar-refractivity contribution is -0.172. The van der Waals surface area contributed by atoms with Crippen molar-refractivity contribution in [3.63, 3.8) is 0 Å². The summed E-state index contributed by atoms with van der Waals surface area (Å²) in [5, 5.41) is 8.72. The SMILES string of the molecule is C=COC(COC(C)C)OC(C)CC(=C)C(=O)O. The molecule has 0 rings (SSSR count). The summed E-state index contributed by atoms with van der Waals surface area (Å²) in [6.07, 6.45) is 0.644. The second kappa shape index (κ2) is 8.72. The van der Waals surface area contributed by atoms with E-state index < -0.39 is 12.3 Å². The fourth-order valence-electron chi connectivity index (χ4n) is 1.23. The van der Waals surface area contributed by atoms with Gasteiger partial charge in [0.15, 0.2) is 0 Å². The highest BCUT2D eigenvalue weighted by molar-refractivity contribution is 5.85. The van der Waals surface area contributed by atoms with E-state index in [-0.39, 0.29) is 30.8 Å². The van der Waals surface area contributed by atoms with Crippen LogP contribution < -0.4 is 0 Å². The molecule has 0 aromatic heterocycles. The Bertz CT molecular complexity index is 285. The van der Waals surface area contributed by atoms with E-state index >= 15 is 0 Å². The lowest BCUT2D eigenvalue weighted by Crippen LogP contribution is -2.28. The number of hydrogen-bond acceptors (Lipinski definition) is 4. The minimum Gasteiger partial charge on any atom is -0.478 e. The summed E-state index contributed by atoms with van der Waals surface area (Å²) in [4.78, 5) is 10.6. The van der Waals surface area contributed by atoms with E-state index in [0.29, 0.717) is 0 Å². The van der Waals surface area contributed by atoms with Crippen LogP contribution in [0.3, 0.4) is 0 Å². The first kappa shape index (κ1) is 16.7. The molecule has 0 fully saturated rings. The second-order valence-electron chi connectivity index (χ2n) is 4.17. The molecule has 0 aliphatic carbocycles. The molecule has 0 amide bonds. The Balaban J connectivity index is 4.17. The van der Waals surface area contributed by atoms with Crippen LogP contribution >= 0.6 is 0 Å². The van der Waals surface area contributed by atoms with E-state index in [4.69, 9.17) is 19.3 Å². The topological polar surface area (TPSA) is 65.0 Å². The Morgan fingerprint density at radius 1 is 1.39 bits per heavy atom. The average molecular weight is 258 g/mol. The zero-order valence-corrected chi connectivity index (χ0v) is 11.2. The van der Waals surface area contributed by atoms with Gasteiger partial charge in [-0.1, -0.05) is 13.2 Å². The minimum atomic E-state index is -1.02. The summed E-state index contributed by atoms with van der Waals surface area (Å²) in [6.45, 7) is 12.7. The van der Waals surface area contributed by atoms with Crippen LogP contribution in [0.15, 0.2) is 25.0 Å². The van der Waals surface area contributed by atoms with Gasteiger partial charge < -0.3 is 19.3 Å². The smallest absolute Gasteiger partial charge is 0.331 e. The van der Waals surface area contributed by atoms with Gasteiger partial charge in [0, 0.05) is 12.0 Å². The van der Waals surface area contributed by atoms with Crippen molar-refractivity contribution in [2.75, 3.05) is 6.61 Å². The first-order valence-electron chi connectivity index (χ1n) is 5.81. The van der Waals surface area contributed by atoms with Crippen LogP contribution in [0.2, 0.25) is 0 Å². The summed E-state index contributed by atoms with van der Waals surface area (Å²) in [6, 6.07) is 0. The third kappa shape index (κ3) is 7.86. The van der Waals surface area contributed by atoms with Gasteiger partial charge in [0.25, 0.3) is 0 Å². The Hall–Kier alpha value is -1.33. The third-order valence-corrected chi connectivity index (χ3v) is 2.03. The molecule has 104 valence electrons. The van der Waals surface area contributed by atoms with Gasteiger partial charge in [-0.25, -0.2) is 4.79 Å². The normalized spacial score (nSPS) is 14.0. The number of carboxylic acid groups (broad SMARTS) is 1. The maximum absolute atomic E-state index is 10.6. The van der Waals surface area contributed by atoms with Crippen molar-refractivity contribution in [3.8, 4) is 0 Å². The van der Waals surface area contributed by atoms with E-state index in [9.17, 15) is 4.79 Å². The van der Waals surface area contributed by atoms with Crippen LogP contribution in [0, 0.1) is 0 Å². The lowest BCUT2D eigenvalue weighted by atomic mass is 10.1. The van der Waals surface area contributed by atoms with Gasteiger partial charge in [-0.3, -0.25) is 0 Å². The summed E-state index contributed by atoms with van der Waals surface area (Å²) >= 11 is 0. The molecule has 0 aromatic rings. The first-order valence-corrected chi connectivity index (χ1v) is 5.81. The number of hydrogen-bond donors (Lipinski definition) is 1. The molecule has 0 saturated carbocycles. The van der Waals surface area contributed by atoms with E-state index in [0.717, 1.165) is 0 Å². The van der Waals surface area contributed by atoms with Gasteiger partial charge in [-0.15, -0.1) is 0 Å². The number of aliphatic carboxylic acids is 1. The number of ether oxygens (including phenoxy) is 3. The van der Waals surface area contributed by atoms with Crippen LogP contribution in [0.5, 0.6) is 0 Å². The van der Waals surface area contributed by atoms with Gasteiger partial charge in [0.05, 0.1) is 18.5 Å². The van der Waals surface area contributed by atoms with Crippen molar-refractivity contribution in [2.45, 2.75) is 45.7 Å². The van der Waals surface area contributed by atoms with Crippen molar-refractivity contribution < 1.29 is 24.1 Å². The predicted octanol–water partition coefficient (Wildman–Crippen LogP) is 2.33. The second-order valence-corrected chi connectivity index (χ2v) is 4.17. The molecule has 2 atom stereocenters. The molecule has 0 aliphatic rings. The molecule has 0 bridgehead atoms. The molecule has 0 heterocycles. The molecule has 18 heavy (non-hydrogen) atoms. The molecular formula is C13H22O5. The van der Waals surface area contributed by atoms with E-state index in [1.807, 2.05) is 13.8 Å². The lowest BCUT2D eigenvalue weighted by Gasteiger charge is -2.22. The van der Waals surface area contributed by atoms with Crippen LogP contribution in [-0.4, -0.2) is 36.2 Å². The summed E-state index contributed by atoms with van der Waals surface area (Å²) in [5.74, 6) is -1.02. The first-order chi connectivity index (χ1) is 8.36. The van der Waals surface area contributed by atoms with Gasteiger partial charge in [0.1, 0.15) is 6.61 Å². The molecule has 5 nitrogen and oxygen atoms in total. The fourth-order valence-corrected chi connectivity index (χ4v) is 1.23. The van der Waals surface area contributed by atoms with E-state index in [1.165, 1.54) is 6.26 Å². The molecule has 0 aromatic carbocycles. The summed E-state index contributed by atoms with van der Waals surface area (Å²) in [5.41, 5.74) is 0.102. The van der Waals surface area contributed by atoms with Gasteiger partial charge in [0.2, 0.25) is 6.29 Å². The van der Waals surface area contributed by atoms with Crippen molar-refractivity contribution >= 4 is 5.97 Å². The Morgan fingerprint density at radius 3 is 2.44 bits per heavy atom.